The van der Waals surface area contributed by atoms with Gasteiger partial charge in [0.15, 0.2) is 11.6 Å². The highest BCUT2D eigenvalue weighted by atomic mass is 19.1. The van der Waals surface area contributed by atoms with E-state index in [0.717, 1.165) is 23.5 Å². The van der Waals surface area contributed by atoms with Crippen LogP contribution in [0, 0.1) is 12.7 Å². The number of aromatic nitrogens is 2. The lowest BCUT2D eigenvalue weighted by atomic mass is 10.1. The molecule has 0 saturated heterocycles. The summed E-state index contributed by atoms with van der Waals surface area (Å²) >= 11 is 0. The van der Waals surface area contributed by atoms with Crippen LogP contribution in [0.4, 0.5) is 4.39 Å². The molecular weight excluding hydrogens is 257 g/mol. The van der Waals surface area contributed by atoms with Crippen molar-refractivity contribution < 1.29 is 9.13 Å². The minimum atomic E-state index is -0.390. The van der Waals surface area contributed by atoms with Crippen LogP contribution >= 0.6 is 0 Å². The molecule has 1 atom stereocenters. The zero-order valence-corrected chi connectivity index (χ0v) is 12.1. The topological polar surface area (TPSA) is 53.1 Å². The van der Waals surface area contributed by atoms with Crippen molar-refractivity contribution in [2.24, 2.45) is 5.73 Å². The fraction of sp³-hybridized carbons (Fsp3) is 0.400. The van der Waals surface area contributed by atoms with Gasteiger partial charge in [0.05, 0.1) is 11.4 Å². The number of nitrogens with zero attached hydrogens (tertiary/aromatic N) is 2. The largest absolute Gasteiger partial charge is 0.484 e. The van der Waals surface area contributed by atoms with Gasteiger partial charge in [0.2, 0.25) is 0 Å². The van der Waals surface area contributed by atoms with Gasteiger partial charge in [-0.25, -0.2) is 4.39 Å². The summed E-state index contributed by atoms with van der Waals surface area (Å²) in [4.78, 5) is 0. The molecule has 1 aromatic heterocycles. The molecule has 2 aromatic rings. The van der Waals surface area contributed by atoms with Crippen LogP contribution in [0.2, 0.25) is 0 Å². The number of halogens is 1. The normalized spacial score (nSPS) is 12.4. The summed E-state index contributed by atoms with van der Waals surface area (Å²) < 4.78 is 21.3. The van der Waals surface area contributed by atoms with Crippen molar-refractivity contribution in [2.45, 2.75) is 40.0 Å². The highest BCUT2D eigenvalue weighted by Crippen LogP contribution is 2.22. The second kappa shape index (κ2) is 6.05. The van der Waals surface area contributed by atoms with Gasteiger partial charge >= 0.3 is 0 Å². The third-order valence-electron chi connectivity index (χ3n) is 3.14. The number of aryl methyl sites for hydroxylation is 2. The Morgan fingerprint density at radius 2 is 2.15 bits per heavy atom. The first-order chi connectivity index (χ1) is 9.51. The number of ether oxygens (including phenoxy) is 1. The Balaban J connectivity index is 2.10. The zero-order chi connectivity index (χ0) is 14.7. The Kier molecular flexibility index (Phi) is 4.39. The molecule has 2 N–H and O–H groups in total. The fourth-order valence-electron chi connectivity index (χ4n) is 2.06. The van der Waals surface area contributed by atoms with Gasteiger partial charge in [-0.3, -0.25) is 4.68 Å². The summed E-state index contributed by atoms with van der Waals surface area (Å²) in [7, 11) is 0. The molecule has 0 bridgehead atoms. The van der Waals surface area contributed by atoms with E-state index in [-0.39, 0.29) is 17.6 Å². The number of rotatable bonds is 5. The molecule has 20 heavy (non-hydrogen) atoms. The van der Waals surface area contributed by atoms with Crippen LogP contribution in [0.25, 0.3) is 0 Å². The molecule has 0 aliphatic rings. The summed E-state index contributed by atoms with van der Waals surface area (Å²) in [6.45, 7) is 6.81. The standard InChI is InChI=1S/C15H20FN3O/c1-4-19-13(7-10(2)18-19)9-20-15-6-5-12(11(3)17)8-14(15)16/h5-8,11H,4,9,17H2,1-3H3/t11-/m0/s1. The SMILES string of the molecule is CCn1nc(C)cc1COc1ccc([C@H](C)N)cc1F. The average Bonchev–Trinajstić information content (AvgIpc) is 2.77. The average molecular weight is 277 g/mol. The molecule has 1 aromatic carbocycles. The summed E-state index contributed by atoms with van der Waals surface area (Å²) in [5, 5.41) is 4.33. The van der Waals surface area contributed by atoms with Gasteiger partial charge in [0.25, 0.3) is 0 Å². The van der Waals surface area contributed by atoms with Gasteiger partial charge in [-0.1, -0.05) is 6.07 Å². The van der Waals surface area contributed by atoms with E-state index in [0.29, 0.717) is 6.61 Å². The zero-order valence-electron chi connectivity index (χ0n) is 12.1. The molecule has 0 unspecified atom stereocenters. The first-order valence-electron chi connectivity index (χ1n) is 6.72. The lowest BCUT2D eigenvalue weighted by Gasteiger charge is -2.11. The van der Waals surface area contributed by atoms with E-state index in [1.54, 1.807) is 12.1 Å². The first-order valence-corrected chi connectivity index (χ1v) is 6.72. The van der Waals surface area contributed by atoms with Crippen molar-refractivity contribution in [2.75, 3.05) is 0 Å². The summed E-state index contributed by atoms with van der Waals surface area (Å²) in [6, 6.07) is 6.57. The van der Waals surface area contributed by atoms with E-state index in [4.69, 9.17) is 10.5 Å². The number of nitrogens with two attached hydrogens (primary N) is 1. The molecule has 108 valence electrons. The number of hydrogen-bond acceptors (Lipinski definition) is 3. The van der Waals surface area contributed by atoms with Crippen molar-refractivity contribution in [1.82, 2.24) is 9.78 Å². The van der Waals surface area contributed by atoms with Gasteiger partial charge in [0, 0.05) is 12.6 Å². The molecule has 0 amide bonds. The van der Waals surface area contributed by atoms with Gasteiger partial charge in [-0.05, 0) is 44.5 Å². The molecule has 4 nitrogen and oxygen atoms in total. The fourth-order valence-corrected chi connectivity index (χ4v) is 2.06. The molecule has 0 fully saturated rings. The second-order valence-corrected chi connectivity index (χ2v) is 4.86. The molecular formula is C15H20FN3O. The summed E-state index contributed by atoms with van der Waals surface area (Å²) in [5.41, 5.74) is 8.33. The predicted molar refractivity (Wildman–Crippen MR) is 76.0 cm³/mol. The van der Waals surface area contributed by atoms with Crippen LogP contribution in [0.3, 0.4) is 0 Å². The molecule has 1 heterocycles. The van der Waals surface area contributed by atoms with Crippen LogP contribution in [-0.4, -0.2) is 9.78 Å². The van der Waals surface area contributed by atoms with E-state index in [1.807, 2.05) is 31.5 Å². The Bertz CT molecular complexity index is 593. The number of hydrogen-bond donors (Lipinski definition) is 1. The Morgan fingerprint density at radius 3 is 2.75 bits per heavy atom. The monoisotopic (exact) mass is 277 g/mol. The van der Waals surface area contributed by atoms with Gasteiger partial charge in [-0.15, -0.1) is 0 Å². The second-order valence-electron chi connectivity index (χ2n) is 4.86. The molecule has 0 aliphatic heterocycles. The maximum absolute atomic E-state index is 13.9. The van der Waals surface area contributed by atoms with E-state index in [9.17, 15) is 4.39 Å². The van der Waals surface area contributed by atoms with Crippen molar-refractivity contribution in [3.8, 4) is 5.75 Å². The molecule has 2 rings (SSSR count). The van der Waals surface area contributed by atoms with E-state index in [2.05, 4.69) is 5.10 Å². The molecule has 5 heteroatoms. The third kappa shape index (κ3) is 3.17. The minimum absolute atomic E-state index is 0.192. The Hall–Kier alpha value is -1.88. The molecule has 0 aliphatic carbocycles. The van der Waals surface area contributed by atoms with Crippen molar-refractivity contribution in [3.63, 3.8) is 0 Å². The van der Waals surface area contributed by atoms with Crippen LogP contribution in [-0.2, 0) is 13.2 Å². The Morgan fingerprint density at radius 1 is 1.40 bits per heavy atom. The third-order valence-corrected chi connectivity index (χ3v) is 3.14. The van der Waals surface area contributed by atoms with Crippen molar-refractivity contribution in [1.29, 1.82) is 0 Å². The summed E-state index contributed by atoms with van der Waals surface area (Å²) in [6.07, 6.45) is 0. The van der Waals surface area contributed by atoms with Gasteiger partial charge in [-0.2, -0.15) is 5.10 Å². The van der Waals surface area contributed by atoms with E-state index >= 15 is 0 Å². The quantitative estimate of drug-likeness (QED) is 0.914. The Labute approximate surface area is 118 Å². The minimum Gasteiger partial charge on any atom is -0.484 e. The van der Waals surface area contributed by atoms with Gasteiger partial charge < -0.3 is 10.5 Å². The van der Waals surface area contributed by atoms with E-state index < -0.39 is 0 Å². The van der Waals surface area contributed by atoms with E-state index in [1.165, 1.54) is 6.07 Å². The smallest absolute Gasteiger partial charge is 0.165 e. The predicted octanol–water partition coefficient (Wildman–Crippen LogP) is 2.95. The number of benzene rings is 1. The molecule has 0 spiro atoms. The highest BCUT2D eigenvalue weighted by Gasteiger charge is 2.09. The highest BCUT2D eigenvalue weighted by molar-refractivity contribution is 5.31. The van der Waals surface area contributed by atoms with Crippen LogP contribution in [0.15, 0.2) is 24.3 Å². The van der Waals surface area contributed by atoms with Crippen LogP contribution in [0.5, 0.6) is 5.75 Å². The maximum Gasteiger partial charge on any atom is 0.165 e. The summed E-state index contributed by atoms with van der Waals surface area (Å²) in [5.74, 6) is -0.157. The lowest BCUT2D eigenvalue weighted by molar-refractivity contribution is 0.278. The molecule has 0 radical (unpaired) electrons. The van der Waals surface area contributed by atoms with Crippen molar-refractivity contribution in [3.05, 3.63) is 47.0 Å². The lowest BCUT2D eigenvalue weighted by Crippen LogP contribution is -2.08. The van der Waals surface area contributed by atoms with Crippen LogP contribution in [0.1, 0.15) is 36.8 Å². The van der Waals surface area contributed by atoms with Crippen LogP contribution < -0.4 is 10.5 Å². The van der Waals surface area contributed by atoms with Gasteiger partial charge in [0.1, 0.15) is 6.61 Å². The molecule has 0 saturated carbocycles. The maximum atomic E-state index is 13.9. The first kappa shape index (κ1) is 14.5. The van der Waals surface area contributed by atoms with Crippen molar-refractivity contribution >= 4 is 0 Å².